The highest BCUT2D eigenvalue weighted by Crippen LogP contribution is 2.28. The summed E-state index contributed by atoms with van der Waals surface area (Å²) >= 11 is 0. The Morgan fingerprint density at radius 2 is 2.00 bits per heavy atom. The van der Waals surface area contributed by atoms with E-state index in [0.29, 0.717) is 12.3 Å². The number of nitrogens with zero attached hydrogens (tertiary/aromatic N) is 3. The number of para-hydroxylation sites is 2. The minimum Gasteiger partial charge on any atom is -0.366 e. The first-order valence-corrected chi connectivity index (χ1v) is 12.0. The number of hydrogen-bond donors (Lipinski definition) is 3. The third-order valence-corrected chi connectivity index (χ3v) is 6.71. The average molecular weight is 453 g/mol. The molecule has 0 radical (unpaired) electrons. The van der Waals surface area contributed by atoms with Crippen molar-refractivity contribution in [2.45, 2.75) is 44.7 Å². The molecule has 0 saturated heterocycles. The molecule has 2 heterocycles. The van der Waals surface area contributed by atoms with Gasteiger partial charge < -0.3 is 15.2 Å². The highest BCUT2D eigenvalue weighted by molar-refractivity contribution is 5.81. The second-order valence-corrected chi connectivity index (χ2v) is 9.37. The normalized spacial score (nSPS) is 15.3. The second-order valence-electron chi connectivity index (χ2n) is 9.37. The minimum absolute atomic E-state index is 0.269. The number of fused-ring (bicyclic) bond motifs is 2. The standard InChI is InChI=1S/C28H32N6/c1-34(2)26(29)17-21-13-12-19(16-27-32-23-9-3-4-10-24(23)33-27)15-22(21)18-31-25-11-5-7-20-8-6-14-30-28(20)25/h3-4,6,8-10,12-15,25,29,31H,5,7,11,16-18H2,1-2H3,(H,32,33). The summed E-state index contributed by atoms with van der Waals surface area (Å²) in [6.07, 6.45) is 6.66. The Hall–Kier alpha value is -3.51. The Kier molecular flexibility index (Phi) is 6.41. The number of aromatic amines is 1. The van der Waals surface area contributed by atoms with Crippen molar-refractivity contribution < 1.29 is 0 Å². The van der Waals surface area contributed by atoms with E-state index in [-0.39, 0.29) is 6.04 Å². The van der Waals surface area contributed by atoms with E-state index < -0.39 is 0 Å². The van der Waals surface area contributed by atoms with E-state index in [0.717, 1.165) is 42.7 Å². The zero-order chi connectivity index (χ0) is 23.5. The molecule has 1 atom stereocenters. The molecule has 0 bridgehead atoms. The Labute approximate surface area is 201 Å². The number of imidazole rings is 1. The summed E-state index contributed by atoms with van der Waals surface area (Å²) in [5.41, 5.74) is 8.27. The van der Waals surface area contributed by atoms with Gasteiger partial charge in [-0.15, -0.1) is 0 Å². The molecule has 0 saturated carbocycles. The van der Waals surface area contributed by atoms with Gasteiger partial charge >= 0.3 is 0 Å². The highest BCUT2D eigenvalue weighted by atomic mass is 15.1. The van der Waals surface area contributed by atoms with Gasteiger partial charge in [0, 0.05) is 39.7 Å². The molecule has 6 nitrogen and oxygen atoms in total. The van der Waals surface area contributed by atoms with E-state index in [1.807, 2.05) is 49.5 Å². The molecule has 1 unspecified atom stereocenters. The van der Waals surface area contributed by atoms with Crippen molar-refractivity contribution in [3.63, 3.8) is 0 Å². The highest BCUT2D eigenvalue weighted by Gasteiger charge is 2.21. The predicted molar refractivity (Wildman–Crippen MR) is 137 cm³/mol. The van der Waals surface area contributed by atoms with Gasteiger partial charge in [-0.1, -0.05) is 36.4 Å². The van der Waals surface area contributed by atoms with Gasteiger partial charge in [0.05, 0.1) is 28.6 Å². The average Bonchev–Trinajstić information content (AvgIpc) is 3.26. The molecule has 2 aromatic heterocycles. The summed E-state index contributed by atoms with van der Waals surface area (Å²) < 4.78 is 0. The zero-order valence-electron chi connectivity index (χ0n) is 19.9. The summed E-state index contributed by atoms with van der Waals surface area (Å²) in [4.78, 5) is 14.8. The van der Waals surface area contributed by atoms with E-state index in [9.17, 15) is 0 Å². The van der Waals surface area contributed by atoms with Crippen LogP contribution in [0.2, 0.25) is 0 Å². The van der Waals surface area contributed by atoms with Crippen LogP contribution in [0.3, 0.4) is 0 Å². The summed E-state index contributed by atoms with van der Waals surface area (Å²) in [5, 5.41) is 12.2. The van der Waals surface area contributed by atoms with Gasteiger partial charge in [-0.25, -0.2) is 4.98 Å². The molecular formula is C28H32N6. The Morgan fingerprint density at radius 1 is 1.12 bits per heavy atom. The van der Waals surface area contributed by atoms with Gasteiger partial charge in [0.1, 0.15) is 5.82 Å². The van der Waals surface area contributed by atoms with Crippen LogP contribution in [0, 0.1) is 5.41 Å². The van der Waals surface area contributed by atoms with Crippen LogP contribution >= 0.6 is 0 Å². The first-order valence-electron chi connectivity index (χ1n) is 12.0. The van der Waals surface area contributed by atoms with E-state index >= 15 is 0 Å². The number of likely N-dealkylation sites (N-methyl/N-ethyl adjacent to an activating group) is 1. The molecule has 1 aliphatic carbocycles. The maximum atomic E-state index is 8.38. The van der Waals surface area contributed by atoms with Gasteiger partial charge in [-0.05, 0) is 59.7 Å². The summed E-state index contributed by atoms with van der Waals surface area (Å²) in [6.45, 7) is 0.755. The van der Waals surface area contributed by atoms with Gasteiger partial charge in [0.15, 0.2) is 0 Å². The van der Waals surface area contributed by atoms with Crippen LogP contribution in [0.15, 0.2) is 60.8 Å². The van der Waals surface area contributed by atoms with E-state index in [2.05, 4.69) is 45.6 Å². The van der Waals surface area contributed by atoms with Crippen molar-refractivity contribution >= 4 is 16.9 Å². The van der Waals surface area contributed by atoms with E-state index in [1.165, 1.54) is 34.4 Å². The van der Waals surface area contributed by atoms with Crippen LogP contribution < -0.4 is 5.32 Å². The SMILES string of the molecule is CN(C)C(=N)Cc1ccc(Cc2nc3ccccc3[nH]2)cc1CNC1CCCc2cccnc21. The molecule has 3 N–H and O–H groups in total. The maximum Gasteiger partial charge on any atom is 0.111 e. The maximum absolute atomic E-state index is 8.38. The lowest BCUT2D eigenvalue weighted by atomic mass is 9.91. The Morgan fingerprint density at radius 3 is 2.85 bits per heavy atom. The van der Waals surface area contributed by atoms with Gasteiger partial charge in [-0.3, -0.25) is 10.4 Å². The number of aryl methyl sites for hydroxylation is 1. The van der Waals surface area contributed by atoms with Crippen molar-refractivity contribution in [1.82, 2.24) is 25.2 Å². The molecular weight excluding hydrogens is 420 g/mol. The van der Waals surface area contributed by atoms with Crippen molar-refractivity contribution in [3.8, 4) is 0 Å². The lowest BCUT2D eigenvalue weighted by Crippen LogP contribution is -2.27. The van der Waals surface area contributed by atoms with Crippen LogP contribution in [-0.2, 0) is 25.8 Å². The largest absolute Gasteiger partial charge is 0.366 e. The summed E-state index contributed by atoms with van der Waals surface area (Å²) in [5.74, 6) is 1.58. The van der Waals surface area contributed by atoms with Crippen LogP contribution in [0.4, 0.5) is 0 Å². The lowest BCUT2D eigenvalue weighted by molar-refractivity contribution is 0.447. The number of hydrogen-bond acceptors (Lipinski definition) is 4. The molecule has 1 aliphatic rings. The number of nitrogens with one attached hydrogen (secondary N) is 3. The number of rotatable bonds is 7. The van der Waals surface area contributed by atoms with E-state index in [1.54, 1.807) is 0 Å². The fraction of sp³-hybridized carbons (Fsp3) is 0.321. The third-order valence-electron chi connectivity index (χ3n) is 6.71. The van der Waals surface area contributed by atoms with Crippen LogP contribution in [0.1, 0.15) is 52.7 Å². The number of pyridine rings is 1. The van der Waals surface area contributed by atoms with Gasteiger partial charge in [-0.2, -0.15) is 0 Å². The molecule has 0 amide bonds. The number of H-pyrrole nitrogens is 1. The molecule has 4 aromatic rings. The molecule has 34 heavy (non-hydrogen) atoms. The molecule has 0 fully saturated rings. The van der Waals surface area contributed by atoms with Crippen molar-refractivity contribution in [2.75, 3.05) is 14.1 Å². The lowest BCUT2D eigenvalue weighted by Gasteiger charge is -2.26. The van der Waals surface area contributed by atoms with Crippen molar-refractivity contribution in [3.05, 3.63) is 94.6 Å². The second kappa shape index (κ2) is 9.77. The van der Waals surface area contributed by atoms with E-state index in [4.69, 9.17) is 10.4 Å². The monoisotopic (exact) mass is 452 g/mol. The molecule has 5 rings (SSSR count). The molecule has 0 spiro atoms. The minimum atomic E-state index is 0.269. The molecule has 174 valence electrons. The third kappa shape index (κ3) is 4.87. The number of benzene rings is 2. The van der Waals surface area contributed by atoms with Gasteiger partial charge in [0.25, 0.3) is 0 Å². The molecule has 2 aromatic carbocycles. The zero-order valence-corrected chi connectivity index (χ0v) is 19.9. The van der Waals surface area contributed by atoms with Crippen molar-refractivity contribution in [1.29, 1.82) is 5.41 Å². The van der Waals surface area contributed by atoms with Crippen LogP contribution in [0.25, 0.3) is 11.0 Å². The quantitative estimate of drug-likeness (QED) is 0.278. The summed E-state index contributed by atoms with van der Waals surface area (Å²) in [7, 11) is 3.86. The predicted octanol–water partition coefficient (Wildman–Crippen LogP) is 4.80. The molecule has 6 heteroatoms. The Bertz CT molecular complexity index is 1270. The number of amidine groups is 1. The fourth-order valence-corrected chi connectivity index (χ4v) is 4.79. The number of aromatic nitrogens is 3. The van der Waals surface area contributed by atoms with Gasteiger partial charge in [0.2, 0.25) is 0 Å². The fourth-order valence-electron chi connectivity index (χ4n) is 4.79. The first kappa shape index (κ1) is 22.3. The van der Waals surface area contributed by atoms with Crippen LogP contribution in [-0.4, -0.2) is 39.8 Å². The van der Waals surface area contributed by atoms with Crippen molar-refractivity contribution in [2.24, 2.45) is 0 Å². The Balaban J connectivity index is 1.39. The van der Waals surface area contributed by atoms with Crippen LogP contribution in [0.5, 0.6) is 0 Å². The first-order chi connectivity index (χ1) is 16.6. The molecule has 0 aliphatic heterocycles. The smallest absolute Gasteiger partial charge is 0.111 e. The topological polar surface area (TPSA) is 80.7 Å². The summed E-state index contributed by atoms with van der Waals surface area (Å²) in [6, 6.07) is 19.3.